The second kappa shape index (κ2) is 4.75. The quantitative estimate of drug-likeness (QED) is 0.872. The zero-order chi connectivity index (χ0) is 12.3. The summed E-state index contributed by atoms with van der Waals surface area (Å²) >= 11 is 0. The Labute approximate surface area is 100 Å². The Morgan fingerprint density at radius 1 is 1.41 bits per heavy atom. The van der Waals surface area contributed by atoms with Crippen molar-refractivity contribution in [1.82, 2.24) is 0 Å². The highest BCUT2D eigenvalue weighted by molar-refractivity contribution is 5.78. The predicted molar refractivity (Wildman–Crippen MR) is 62.2 cm³/mol. The molecule has 1 aliphatic heterocycles. The molecule has 0 aromatic heterocycles. The number of carboxylic acid groups (broad SMARTS) is 1. The minimum atomic E-state index is -1.13. The Kier molecular flexibility index (Phi) is 3.33. The molecule has 92 valence electrons. The van der Waals surface area contributed by atoms with Gasteiger partial charge < -0.3 is 14.6 Å². The van der Waals surface area contributed by atoms with E-state index in [1.54, 1.807) is 6.07 Å². The highest BCUT2D eigenvalue weighted by Crippen LogP contribution is 2.28. The third-order valence-electron chi connectivity index (χ3n) is 2.99. The molecule has 1 aliphatic rings. The summed E-state index contributed by atoms with van der Waals surface area (Å²) in [4.78, 5) is 11.4. The molecule has 1 fully saturated rings. The number of benzene rings is 1. The maximum Gasteiger partial charge on any atom is 0.348 e. The van der Waals surface area contributed by atoms with E-state index in [9.17, 15) is 9.90 Å². The average molecular weight is 236 g/mol. The lowest BCUT2D eigenvalue weighted by molar-refractivity contribution is -0.163. The molecule has 0 atom stereocenters. The van der Waals surface area contributed by atoms with E-state index in [0.717, 1.165) is 5.56 Å². The summed E-state index contributed by atoms with van der Waals surface area (Å²) in [5.41, 5.74) is -0.0819. The predicted octanol–water partition coefficient (Wildman–Crippen LogP) is 2.01. The number of rotatable bonds is 3. The van der Waals surface area contributed by atoms with E-state index in [-0.39, 0.29) is 0 Å². The first kappa shape index (κ1) is 11.9. The average Bonchev–Trinajstić information content (AvgIpc) is 2.30. The molecule has 1 aromatic rings. The summed E-state index contributed by atoms with van der Waals surface area (Å²) in [6.07, 6.45) is 0.770. The van der Waals surface area contributed by atoms with Crippen LogP contribution in [0.5, 0.6) is 5.75 Å². The Bertz CT molecular complexity index is 408. The van der Waals surface area contributed by atoms with Gasteiger partial charge in [-0.3, -0.25) is 0 Å². The van der Waals surface area contributed by atoms with Gasteiger partial charge in [-0.25, -0.2) is 4.79 Å². The number of hydrogen-bond donors (Lipinski definition) is 1. The summed E-state index contributed by atoms with van der Waals surface area (Å²) in [7, 11) is 0. The SMILES string of the molecule is Cc1cccc(OC2(C(=O)O)CCOCC2)c1. The van der Waals surface area contributed by atoms with Gasteiger partial charge in [0.15, 0.2) is 0 Å². The van der Waals surface area contributed by atoms with Crippen LogP contribution in [0.1, 0.15) is 18.4 Å². The normalized spacial score (nSPS) is 18.6. The molecule has 4 heteroatoms. The van der Waals surface area contributed by atoms with Crippen LogP contribution in [0, 0.1) is 6.92 Å². The van der Waals surface area contributed by atoms with Crippen molar-refractivity contribution < 1.29 is 19.4 Å². The zero-order valence-electron chi connectivity index (χ0n) is 9.81. The summed E-state index contributed by atoms with van der Waals surface area (Å²) < 4.78 is 10.9. The van der Waals surface area contributed by atoms with Crippen molar-refractivity contribution >= 4 is 5.97 Å². The Morgan fingerprint density at radius 2 is 2.12 bits per heavy atom. The molecule has 0 saturated carbocycles. The molecule has 1 heterocycles. The highest BCUT2D eigenvalue weighted by atomic mass is 16.5. The summed E-state index contributed by atoms with van der Waals surface area (Å²) in [6.45, 7) is 2.81. The Morgan fingerprint density at radius 3 is 2.71 bits per heavy atom. The maximum absolute atomic E-state index is 11.4. The lowest BCUT2D eigenvalue weighted by Gasteiger charge is -2.33. The molecular formula is C13H16O4. The second-order valence-corrected chi connectivity index (χ2v) is 4.33. The first-order valence-electron chi connectivity index (χ1n) is 5.69. The molecule has 0 radical (unpaired) electrons. The van der Waals surface area contributed by atoms with Gasteiger partial charge in [0.2, 0.25) is 5.60 Å². The first-order chi connectivity index (χ1) is 8.12. The first-order valence-corrected chi connectivity index (χ1v) is 5.69. The smallest absolute Gasteiger partial charge is 0.348 e. The lowest BCUT2D eigenvalue weighted by atomic mass is 9.94. The number of aliphatic carboxylic acids is 1. The van der Waals surface area contributed by atoms with Gasteiger partial charge >= 0.3 is 5.97 Å². The minimum Gasteiger partial charge on any atom is -0.478 e. The van der Waals surface area contributed by atoms with Crippen LogP contribution in [0.2, 0.25) is 0 Å². The molecule has 1 aromatic carbocycles. The van der Waals surface area contributed by atoms with Gasteiger partial charge in [-0.05, 0) is 24.6 Å². The van der Waals surface area contributed by atoms with E-state index in [1.807, 2.05) is 25.1 Å². The van der Waals surface area contributed by atoms with Gasteiger partial charge in [0.25, 0.3) is 0 Å². The highest BCUT2D eigenvalue weighted by Gasteiger charge is 2.42. The summed E-state index contributed by atoms with van der Waals surface area (Å²) in [5.74, 6) is -0.309. The fourth-order valence-electron chi connectivity index (χ4n) is 1.97. The van der Waals surface area contributed by atoms with Crippen molar-refractivity contribution in [2.24, 2.45) is 0 Å². The van der Waals surface area contributed by atoms with Gasteiger partial charge in [0.1, 0.15) is 5.75 Å². The molecule has 0 aliphatic carbocycles. The summed E-state index contributed by atoms with van der Waals surface area (Å²) in [6, 6.07) is 7.44. The van der Waals surface area contributed by atoms with E-state index in [0.29, 0.717) is 31.8 Å². The third-order valence-corrected chi connectivity index (χ3v) is 2.99. The maximum atomic E-state index is 11.4. The van der Waals surface area contributed by atoms with Crippen LogP contribution in [0.15, 0.2) is 24.3 Å². The molecular weight excluding hydrogens is 220 g/mol. The van der Waals surface area contributed by atoms with Crippen molar-refractivity contribution in [3.8, 4) is 5.75 Å². The van der Waals surface area contributed by atoms with Gasteiger partial charge in [0.05, 0.1) is 13.2 Å². The molecule has 1 N–H and O–H groups in total. The minimum absolute atomic E-state index is 0.385. The molecule has 0 spiro atoms. The van der Waals surface area contributed by atoms with E-state index in [1.165, 1.54) is 0 Å². The topological polar surface area (TPSA) is 55.8 Å². The molecule has 0 bridgehead atoms. The molecule has 4 nitrogen and oxygen atoms in total. The van der Waals surface area contributed by atoms with E-state index in [4.69, 9.17) is 9.47 Å². The second-order valence-electron chi connectivity index (χ2n) is 4.33. The Hall–Kier alpha value is -1.55. The van der Waals surface area contributed by atoms with Crippen LogP contribution in [-0.4, -0.2) is 29.9 Å². The van der Waals surface area contributed by atoms with Crippen molar-refractivity contribution in [2.75, 3.05) is 13.2 Å². The van der Waals surface area contributed by atoms with Gasteiger partial charge in [-0.1, -0.05) is 12.1 Å². The zero-order valence-corrected chi connectivity index (χ0v) is 9.81. The fourth-order valence-corrected chi connectivity index (χ4v) is 1.97. The monoisotopic (exact) mass is 236 g/mol. The van der Waals surface area contributed by atoms with E-state index < -0.39 is 11.6 Å². The lowest BCUT2D eigenvalue weighted by Crippen LogP contribution is -2.49. The largest absolute Gasteiger partial charge is 0.478 e. The van der Waals surface area contributed by atoms with Crippen LogP contribution >= 0.6 is 0 Å². The molecule has 2 rings (SSSR count). The molecule has 1 saturated heterocycles. The molecule has 17 heavy (non-hydrogen) atoms. The number of carbonyl (C=O) groups is 1. The summed E-state index contributed by atoms with van der Waals surface area (Å²) in [5, 5.41) is 9.34. The fraction of sp³-hybridized carbons (Fsp3) is 0.462. The van der Waals surface area contributed by atoms with Crippen molar-refractivity contribution in [1.29, 1.82) is 0 Å². The van der Waals surface area contributed by atoms with Crippen LogP contribution in [0.3, 0.4) is 0 Å². The van der Waals surface area contributed by atoms with Gasteiger partial charge in [0, 0.05) is 12.8 Å². The van der Waals surface area contributed by atoms with Crippen LogP contribution in [-0.2, 0) is 9.53 Å². The molecule has 0 amide bonds. The van der Waals surface area contributed by atoms with Crippen molar-refractivity contribution in [3.63, 3.8) is 0 Å². The van der Waals surface area contributed by atoms with Crippen LogP contribution in [0.4, 0.5) is 0 Å². The number of carboxylic acids is 1. The Balaban J connectivity index is 2.20. The number of hydrogen-bond acceptors (Lipinski definition) is 3. The number of aryl methyl sites for hydroxylation is 1. The third kappa shape index (κ3) is 2.58. The van der Waals surface area contributed by atoms with Crippen LogP contribution in [0.25, 0.3) is 0 Å². The van der Waals surface area contributed by atoms with Crippen LogP contribution < -0.4 is 4.74 Å². The standard InChI is InChI=1S/C13H16O4/c1-10-3-2-4-11(9-10)17-13(12(14)15)5-7-16-8-6-13/h2-4,9H,5-8H2,1H3,(H,14,15). The van der Waals surface area contributed by atoms with E-state index in [2.05, 4.69) is 0 Å². The van der Waals surface area contributed by atoms with Gasteiger partial charge in [-0.15, -0.1) is 0 Å². The van der Waals surface area contributed by atoms with Crippen molar-refractivity contribution in [3.05, 3.63) is 29.8 Å². The molecule has 0 unspecified atom stereocenters. The van der Waals surface area contributed by atoms with E-state index >= 15 is 0 Å². The van der Waals surface area contributed by atoms with Crippen molar-refractivity contribution in [2.45, 2.75) is 25.4 Å². The van der Waals surface area contributed by atoms with Gasteiger partial charge in [-0.2, -0.15) is 0 Å². The number of ether oxygens (including phenoxy) is 2.